The summed E-state index contributed by atoms with van der Waals surface area (Å²) >= 11 is 5.81. The van der Waals surface area contributed by atoms with Gasteiger partial charge in [0, 0.05) is 6.54 Å². The highest BCUT2D eigenvalue weighted by Crippen LogP contribution is 2.29. The van der Waals surface area contributed by atoms with Crippen molar-refractivity contribution < 1.29 is 17.9 Å². The molecule has 0 atom stereocenters. The fourth-order valence-electron chi connectivity index (χ4n) is 2.11. The molecule has 3 nitrogen and oxygen atoms in total. The first-order valence-electron chi connectivity index (χ1n) is 6.59. The van der Waals surface area contributed by atoms with E-state index in [1.807, 2.05) is 13.8 Å². The molecule has 0 saturated carbocycles. The third-order valence-corrected chi connectivity index (χ3v) is 3.16. The van der Waals surface area contributed by atoms with Crippen LogP contribution in [0, 0.1) is 0 Å². The molecular weight excluding hydrogens is 305 g/mol. The van der Waals surface area contributed by atoms with Crippen LogP contribution < -0.4 is 4.74 Å². The molecule has 0 aliphatic carbocycles. The van der Waals surface area contributed by atoms with Crippen LogP contribution in [-0.2, 0) is 12.4 Å². The number of hydrogen-bond acceptors (Lipinski definition) is 2. The Labute approximate surface area is 125 Å². The largest absolute Gasteiger partial charge is 0.489 e. The van der Waals surface area contributed by atoms with Crippen LogP contribution in [0.3, 0.4) is 0 Å². The van der Waals surface area contributed by atoms with Gasteiger partial charge in [-0.05, 0) is 26.0 Å². The smallest absolute Gasteiger partial charge is 0.390 e. The molecular formula is C14H16ClF3N2O. The molecule has 0 aliphatic heterocycles. The molecule has 0 N–H and O–H groups in total. The topological polar surface area (TPSA) is 27.1 Å². The molecule has 0 amide bonds. The molecule has 0 bridgehead atoms. The van der Waals surface area contributed by atoms with Crippen molar-refractivity contribution in [2.24, 2.45) is 0 Å². The number of aromatic nitrogens is 2. The number of alkyl halides is 4. The first-order chi connectivity index (χ1) is 9.81. The zero-order chi connectivity index (χ0) is 15.6. The minimum absolute atomic E-state index is 0.0459. The second-order valence-corrected chi connectivity index (χ2v) is 5.24. The summed E-state index contributed by atoms with van der Waals surface area (Å²) in [6.45, 7) is 3.55. The summed E-state index contributed by atoms with van der Waals surface area (Å²) < 4.78 is 44.5. The highest BCUT2D eigenvalue weighted by atomic mass is 35.5. The highest BCUT2D eigenvalue weighted by Gasteiger charge is 2.27. The summed E-state index contributed by atoms with van der Waals surface area (Å²) in [6, 6.07) is 5.22. The van der Waals surface area contributed by atoms with Gasteiger partial charge in [0.1, 0.15) is 17.1 Å². The molecule has 0 fully saturated rings. The molecule has 0 aliphatic rings. The molecule has 1 aromatic carbocycles. The molecule has 7 heteroatoms. The number of ether oxygens (including phenoxy) is 1. The van der Waals surface area contributed by atoms with Crippen molar-refractivity contribution in [3.63, 3.8) is 0 Å². The van der Waals surface area contributed by atoms with E-state index in [1.54, 1.807) is 18.2 Å². The van der Waals surface area contributed by atoms with Crippen LogP contribution in [0.1, 0.15) is 26.1 Å². The van der Waals surface area contributed by atoms with E-state index in [1.165, 1.54) is 4.57 Å². The van der Waals surface area contributed by atoms with Crippen molar-refractivity contribution in [3.8, 4) is 5.75 Å². The molecule has 0 radical (unpaired) electrons. The monoisotopic (exact) mass is 320 g/mol. The van der Waals surface area contributed by atoms with Crippen molar-refractivity contribution in [3.05, 3.63) is 24.0 Å². The zero-order valence-corrected chi connectivity index (χ0v) is 12.5. The van der Waals surface area contributed by atoms with E-state index in [2.05, 4.69) is 4.98 Å². The van der Waals surface area contributed by atoms with Crippen LogP contribution >= 0.6 is 11.6 Å². The van der Waals surface area contributed by atoms with Gasteiger partial charge in [0.25, 0.3) is 0 Å². The van der Waals surface area contributed by atoms with Crippen LogP contribution in [0.2, 0.25) is 0 Å². The average molecular weight is 321 g/mol. The predicted octanol–water partition coefficient (Wildman–Crippen LogP) is 4.51. The minimum Gasteiger partial charge on any atom is -0.489 e. The van der Waals surface area contributed by atoms with Gasteiger partial charge in [-0.25, -0.2) is 4.98 Å². The number of imidazole rings is 1. The third kappa shape index (κ3) is 3.81. The summed E-state index contributed by atoms with van der Waals surface area (Å²) in [5.41, 5.74) is 1.15. The van der Waals surface area contributed by atoms with Gasteiger partial charge >= 0.3 is 6.18 Å². The van der Waals surface area contributed by atoms with Gasteiger partial charge in [-0.2, -0.15) is 13.2 Å². The fourth-order valence-corrected chi connectivity index (χ4v) is 2.31. The van der Waals surface area contributed by atoms with E-state index in [9.17, 15) is 13.2 Å². The fraction of sp³-hybridized carbons (Fsp3) is 0.500. The Kier molecular flexibility index (Phi) is 4.66. The molecule has 0 saturated heterocycles. The van der Waals surface area contributed by atoms with Crippen LogP contribution in [0.25, 0.3) is 11.0 Å². The minimum atomic E-state index is -4.22. The quantitative estimate of drug-likeness (QED) is 0.758. The molecule has 2 rings (SSSR count). The van der Waals surface area contributed by atoms with Gasteiger partial charge in [0.15, 0.2) is 0 Å². The van der Waals surface area contributed by atoms with E-state index in [0.29, 0.717) is 22.6 Å². The Morgan fingerprint density at radius 2 is 2.05 bits per heavy atom. The Hall–Kier alpha value is -1.43. The first kappa shape index (κ1) is 15.9. The summed E-state index contributed by atoms with van der Waals surface area (Å²) in [5, 5.41) is 0. The van der Waals surface area contributed by atoms with Crippen molar-refractivity contribution in [2.45, 2.75) is 45.0 Å². The molecule has 21 heavy (non-hydrogen) atoms. The zero-order valence-electron chi connectivity index (χ0n) is 11.7. The molecule has 0 spiro atoms. The van der Waals surface area contributed by atoms with E-state index < -0.39 is 12.6 Å². The molecule has 2 aromatic rings. The number of fused-ring (bicyclic) bond motifs is 1. The lowest BCUT2D eigenvalue weighted by Crippen LogP contribution is -2.13. The third-order valence-electron chi connectivity index (χ3n) is 2.92. The maximum atomic E-state index is 12.4. The molecule has 1 heterocycles. The summed E-state index contributed by atoms with van der Waals surface area (Å²) in [5.74, 6) is 1.02. The summed E-state index contributed by atoms with van der Waals surface area (Å²) in [7, 11) is 0. The summed E-state index contributed by atoms with van der Waals surface area (Å²) in [6.07, 6.45) is -5.18. The van der Waals surface area contributed by atoms with Crippen LogP contribution in [-0.4, -0.2) is 21.8 Å². The Morgan fingerprint density at radius 3 is 2.62 bits per heavy atom. The van der Waals surface area contributed by atoms with Gasteiger partial charge in [0.05, 0.1) is 23.9 Å². The number of nitrogens with zero attached hydrogens (tertiary/aromatic N) is 2. The van der Waals surface area contributed by atoms with Gasteiger partial charge in [-0.1, -0.05) is 6.07 Å². The van der Waals surface area contributed by atoms with E-state index >= 15 is 0 Å². The number of aryl methyl sites for hydroxylation is 1. The van der Waals surface area contributed by atoms with Gasteiger partial charge < -0.3 is 9.30 Å². The number of benzene rings is 1. The van der Waals surface area contributed by atoms with Gasteiger partial charge in [-0.3, -0.25) is 0 Å². The van der Waals surface area contributed by atoms with Crippen molar-refractivity contribution in [1.82, 2.24) is 9.55 Å². The normalized spacial score (nSPS) is 12.3. The number of halogens is 4. The van der Waals surface area contributed by atoms with Gasteiger partial charge in [0.2, 0.25) is 0 Å². The van der Waals surface area contributed by atoms with Gasteiger partial charge in [-0.15, -0.1) is 11.6 Å². The van der Waals surface area contributed by atoms with Crippen LogP contribution in [0.4, 0.5) is 13.2 Å². The number of para-hydroxylation sites is 1. The molecule has 1 aromatic heterocycles. The van der Waals surface area contributed by atoms with E-state index in [4.69, 9.17) is 16.3 Å². The standard InChI is InChI=1S/C14H16ClF3N2O/c1-9(2)21-11-5-3-4-10-13(11)19-12(8-15)20(10)7-6-14(16,17)18/h3-5,9H,6-8H2,1-2H3. The molecule has 0 unspecified atom stereocenters. The van der Waals surface area contributed by atoms with Crippen molar-refractivity contribution in [1.29, 1.82) is 0 Å². The second-order valence-electron chi connectivity index (χ2n) is 4.97. The highest BCUT2D eigenvalue weighted by molar-refractivity contribution is 6.16. The maximum Gasteiger partial charge on any atom is 0.390 e. The lowest BCUT2D eigenvalue weighted by Gasteiger charge is -2.11. The maximum absolute atomic E-state index is 12.4. The summed E-state index contributed by atoms with van der Waals surface area (Å²) in [4.78, 5) is 4.32. The lowest BCUT2D eigenvalue weighted by atomic mass is 10.3. The van der Waals surface area contributed by atoms with E-state index in [0.717, 1.165) is 0 Å². The van der Waals surface area contributed by atoms with Crippen molar-refractivity contribution in [2.75, 3.05) is 0 Å². The Bertz CT molecular complexity index is 622. The Morgan fingerprint density at radius 1 is 1.33 bits per heavy atom. The van der Waals surface area contributed by atoms with Crippen molar-refractivity contribution >= 4 is 22.6 Å². The molecule has 116 valence electrons. The number of hydrogen-bond donors (Lipinski definition) is 0. The predicted molar refractivity (Wildman–Crippen MR) is 75.7 cm³/mol. The lowest BCUT2D eigenvalue weighted by molar-refractivity contribution is -0.136. The van der Waals surface area contributed by atoms with E-state index in [-0.39, 0.29) is 18.5 Å². The second kappa shape index (κ2) is 6.13. The first-order valence-corrected chi connectivity index (χ1v) is 7.13. The number of rotatable bonds is 5. The average Bonchev–Trinajstić information content (AvgIpc) is 2.74. The van der Waals surface area contributed by atoms with Crippen LogP contribution in [0.15, 0.2) is 18.2 Å². The Balaban J connectivity index is 2.44. The van der Waals surface area contributed by atoms with Crippen LogP contribution in [0.5, 0.6) is 5.75 Å². The SMILES string of the molecule is CC(C)Oc1cccc2c1nc(CCl)n2CCC(F)(F)F.